The predicted molar refractivity (Wildman–Crippen MR) is 143 cm³/mol. The van der Waals surface area contributed by atoms with Crippen LogP contribution in [0.5, 0.6) is 11.5 Å². The van der Waals surface area contributed by atoms with E-state index in [0.29, 0.717) is 12.3 Å². The summed E-state index contributed by atoms with van der Waals surface area (Å²) in [7, 11) is 0. The smallest absolute Gasteiger partial charge is 0.235 e. The number of aryl methyl sites for hydroxylation is 1. The van der Waals surface area contributed by atoms with Gasteiger partial charge in [-0.15, -0.1) is 0 Å². The van der Waals surface area contributed by atoms with E-state index in [1.54, 1.807) is 0 Å². The molecule has 190 valence electrons. The molecule has 2 N–H and O–H groups in total. The minimum Gasteiger partial charge on any atom is -0.454 e. The minimum atomic E-state index is -0.517. The van der Waals surface area contributed by atoms with E-state index in [-0.39, 0.29) is 24.5 Å². The van der Waals surface area contributed by atoms with Crippen molar-refractivity contribution in [1.29, 1.82) is 0 Å². The molecule has 0 unspecified atom stereocenters. The van der Waals surface area contributed by atoms with Gasteiger partial charge in [0.25, 0.3) is 0 Å². The summed E-state index contributed by atoms with van der Waals surface area (Å²) >= 11 is 0. The molecule has 6 nitrogen and oxygen atoms in total. The lowest BCUT2D eigenvalue weighted by Gasteiger charge is -2.17. The van der Waals surface area contributed by atoms with E-state index in [1.807, 2.05) is 36.4 Å². The average molecular weight is 497 g/mol. The van der Waals surface area contributed by atoms with Crippen LogP contribution in [-0.2, 0) is 21.5 Å². The number of carbonyl (C=O) groups excluding carboxylic acids is 2. The average Bonchev–Trinajstić information content (AvgIpc) is 3.31. The van der Waals surface area contributed by atoms with E-state index in [1.165, 1.54) is 0 Å². The number of benzene rings is 3. The van der Waals surface area contributed by atoms with Gasteiger partial charge in [-0.2, -0.15) is 0 Å². The second kappa shape index (κ2) is 9.58. The zero-order chi connectivity index (χ0) is 25.4. The second-order valence-corrected chi connectivity index (χ2v) is 10.5. The van der Waals surface area contributed by atoms with Gasteiger partial charge in [0.05, 0.1) is 5.41 Å². The number of hydrogen-bond acceptors (Lipinski definition) is 4. The normalized spacial score (nSPS) is 17.4. The Morgan fingerprint density at radius 1 is 0.919 bits per heavy atom. The van der Waals surface area contributed by atoms with E-state index in [9.17, 15) is 9.59 Å². The van der Waals surface area contributed by atoms with Gasteiger partial charge in [-0.25, -0.2) is 0 Å². The summed E-state index contributed by atoms with van der Waals surface area (Å²) in [6.07, 6.45) is 5.96. The molecule has 2 aliphatic carbocycles. The fourth-order valence-electron chi connectivity index (χ4n) is 5.55. The van der Waals surface area contributed by atoms with E-state index < -0.39 is 5.41 Å². The zero-order valence-corrected chi connectivity index (χ0v) is 21.1. The highest BCUT2D eigenvalue weighted by Gasteiger charge is 2.51. The van der Waals surface area contributed by atoms with Gasteiger partial charge in [0.1, 0.15) is 0 Å². The van der Waals surface area contributed by atoms with Crippen molar-refractivity contribution in [2.45, 2.75) is 57.4 Å². The molecule has 2 fully saturated rings. The van der Waals surface area contributed by atoms with Crippen molar-refractivity contribution in [3.05, 3.63) is 77.4 Å². The maximum atomic E-state index is 13.4. The molecular weight excluding hydrogens is 464 g/mol. The van der Waals surface area contributed by atoms with E-state index >= 15 is 0 Å². The lowest BCUT2D eigenvalue weighted by atomic mass is 9.94. The van der Waals surface area contributed by atoms with Crippen LogP contribution in [0.25, 0.3) is 11.1 Å². The van der Waals surface area contributed by atoms with Crippen LogP contribution in [0.1, 0.15) is 55.2 Å². The van der Waals surface area contributed by atoms with Crippen LogP contribution in [0.3, 0.4) is 0 Å². The third-order valence-corrected chi connectivity index (χ3v) is 8.06. The summed E-state index contributed by atoms with van der Waals surface area (Å²) in [4.78, 5) is 25.7. The molecule has 0 aromatic heterocycles. The number of amides is 2. The van der Waals surface area contributed by atoms with Crippen molar-refractivity contribution in [3.8, 4) is 22.6 Å². The van der Waals surface area contributed by atoms with Crippen LogP contribution in [-0.4, -0.2) is 18.6 Å². The van der Waals surface area contributed by atoms with E-state index in [4.69, 9.17) is 9.47 Å². The number of rotatable bonds is 7. The van der Waals surface area contributed by atoms with Crippen LogP contribution >= 0.6 is 0 Å². The fourth-order valence-corrected chi connectivity index (χ4v) is 5.55. The summed E-state index contributed by atoms with van der Waals surface area (Å²) in [5.41, 5.74) is 5.61. The first-order valence-electron chi connectivity index (χ1n) is 13.2. The summed E-state index contributed by atoms with van der Waals surface area (Å²) in [5, 5.41) is 6.25. The molecule has 1 aliphatic heterocycles. The summed E-state index contributed by atoms with van der Waals surface area (Å²) in [5.74, 6) is 1.80. The molecule has 2 saturated carbocycles. The van der Waals surface area contributed by atoms with Gasteiger partial charge in [-0.05, 0) is 84.7 Å². The highest BCUT2D eigenvalue weighted by Crippen LogP contribution is 2.51. The molecule has 3 aromatic rings. The minimum absolute atomic E-state index is 0.00882. The van der Waals surface area contributed by atoms with Gasteiger partial charge in [0.2, 0.25) is 18.6 Å². The Hall–Kier alpha value is -3.80. The monoisotopic (exact) mass is 496 g/mol. The first-order chi connectivity index (χ1) is 18.0. The Kier molecular flexibility index (Phi) is 6.11. The Labute approximate surface area is 217 Å². The molecule has 37 heavy (non-hydrogen) atoms. The highest BCUT2D eigenvalue weighted by molar-refractivity contribution is 6.02. The molecule has 2 amide bonds. The zero-order valence-electron chi connectivity index (χ0n) is 21.1. The third kappa shape index (κ3) is 4.68. The molecule has 6 rings (SSSR count). The fraction of sp³-hybridized carbons (Fsp3) is 0.355. The largest absolute Gasteiger partial charge is 0.454 e. The Bertz CT molecular complexity index is 1340. The van der Waals surface area contributed by atoms with Crippen molar-refractivity contribution in [3.63, 3.8) is 0 Å². The van der Waals surface area contributed by atoms with Crippen LogP contribution in [0.15, 0.2) is 60.7 Å². The lowest BCUT2D eigenvalue weighted by Crippen LogP contribution is -2.28. The van der Waals surface area contributed by atoms with Crippen molar-refractivity contribution >= 4 is 17.5 Å². The molecule has 3 aliphatic rings. The van der Waals surface area contributed by atoms with Gasteiger partial charge in [-0.3, -0.25) is 9.59 Å². The Morgan fingerprint density at radius 2 is 1.68 bits per heavy atom. The highest BCUT2D eigenvalue weighted by atomic mass is 16.7. The number of nitrogens with one attached hydrogen (secondary N) is 2. The molecular formula is C31H32N2O4. The van der Waals surface area contributed by atoms with Gasteiger partial charge in [-0.1, -0.05) is 49.2 Å². The van der Waals surface area contributed by atoms with Crippen LogP contribution in [0, 0.1) is 12.8 Å². The molecule has 0 radical (unpaired) electrons. The molecule has 0 atom stereocenters. The van der Waals surface area contributed by atoms with Crippen LogP contribution in [0.4, 0.5) is 5.69 Å². The maximum absolute atomic E-state index is 13.4. The first kappa shape index (κ1) is 23.6. The molecule has 3 aromatic carbocycles. The van der Waals surface area contributed by atoms with Gasteiger partial charge >= 0.3 is 0 Å². The lowest BCUT2D eigenvalue weighted by molar-refractivity contribution is -0.125. The van der Waals surface area contributed by atoms with Crippen LogP contribution < -0.4 is 20.1 Å². The molecule has 0 bridgehead atoms. The van der Waals surface area contributed by atoms with Crippen molar-refractivity contribution in [2.24, 2.45) is 5.92 Å². The Morgan fingerprint density at radius 3 is 2.43 bits per heavy atom. The molecule has 6 heteroatoms. The first-order valence-corrected chi connectivity index (χ1v) is 13.2. The number of carbonyl (C=O) groups is 2. The van der Waals surface area contributed by atoms with Gasteiger partial charge < -0.3 is 20.1 Å². The summed E-state index contributed by atoms with van der Waals surface area (Å²) < 4.78 is 10.9. The number of ether oxygens (including phenoxy) is 2. The molecule has 1 heterocycles. The van der Waals surface area contributed by atoms with E-state index in [2.05, 4.69) is 41.8 Å². The van der Waals surface area contributed by atoms with Crippen molar-refractivity contribution < 1.29 is 19.1 Å². The third-order valence-electron chi connectivity index (χ3n) is 8.06. The summed E-state index contributed by atoms with van der Waals surface area (Å²) in [6, 6.07) is 20.1. The van der Waals surface area contributed by atoms with Crippen molar-refractivity contribution in [1.82, 2.24) is 5.32 Å². The predicted octanol–water partition coefficient (Wildman–Crippen LogP) is 5.87. The topological polar surface area (TPSA) is 76.7 Å². The standard InChI is InChI=1S/C31H32N2O4/c1-20-6-12-25(33-30(35)31(14-15-31)24-11-13-27-28(16-24)37-19-36-27)17-26(20)22-9-7-21(8-10-22)18-32-29(34)23-4-2-3-5-23/h6-13,16-17,23H,2-5,14-15,18-19H2,1H3,(H,32,34)(H,33,35). The molecule has 0 saturated heterocycles. The Balaban J connectivity index is 1.14. The van der Waals surface area contributed by atoms with Gasteiger partial charge in [0, 0.05) is 18.2 Å². The quantitative estimate of drug-likeness (QED) is 0.429. The number of anilines is 1. The van der Waals surface area contributed by atoms with Gasteiger partial charge in [0.15, 0.2) is 11.5 Å². The van der Waals surface area contributed by atoms with E-state index in [0.717, 1.165) is 77.8 Å². The molecule has 0 spiro atoms. The summed E-state index contributed by atoms with van der Waals surface area (Å²) in [6.45, 7) is 2.85. The number of hydrogen-bond donors (Lipinski definition) is 2. The van der Waals surface area contributed by atoms with Crippen LogP contribution in [0.2, 0.25) is 0 Å². The number of fused-ring (bicyclic) bond motifs is 1. The maximum Gasteiger partial charge on any atom is 0.235 e. The second-order valence-electron chi connectivity index (χ2n) is 10.5. The van der Waals surface area contributed by atoms with Crippen molar-refractivity contribution in [2.75, 3.05) is 12.1 Å². The SMILES string of the molecule is Cc1ccc(NC(=O)C2(c3ccc4c(c3)OCO4)CC2)cc1-c1ccc(CNC(=O)C2CCCC2)cc1.